The third-order valence-electron chi connectivity index (χ3n) is 6.60. The molecule has 51 heavy (non-hydrogen) atoms. The summed E-state index contributed by atoms with van der Waals surface area (Å²) in [7, 11) is 0. The van der Waals surface area contributed by atoms with Crippen LogP contribution in [0.1, 0.15) is 41.5 Å². The molecule has 0 aromatic heterocycles. The van der Waals surface area contributed by atoms with E-state index in [1.54, 1.807) is 24.3 Å². The maximum atomic E-state index is 12.3. The van der Waals surface area contributed by atoms with Gasteiger partial charge in [-0.2, -0.15) is 0 Å². The summed E-state index contributed by atoms with van der Waals surface area (Å²) >= 11 is 0. The molecule has 0 radical (unpaired) electrons. The van der Waals surface area contributed by atoms with Crippen LogP contribution in [-0.4, -0.2) is 174 Å². The number of nitrogens with one attached hydrogen (secondary N) is 1. The summed E-state index contributed by atoms with van der Waals surface area (Å²) in [6.45, 7) is 14.8. The highest BCUT2D eigenvalue weighted by Gasteiger charge is 2.34. The first-order valence-corrected chi connectivity index (χ1v) is 17.5. The average Bonchev–Trinajstić information content (AvgIpc) is 3.34. The van der Waals surface area contributed by atoms with Crippen molar-refractivity contribution in [2.45, 2.75) is 26.4 Å². The zero-order valence-electron chi connectivity index (χ0n) is 30.5. The number of carbonyl (C=O) groups is 3. The van der Waals surface area contributed by atoms with E-state index in [1.807, 2.05) is 20.8 Å². The fourth-order valence-electron chi connectivity index (χ4n) is 4.22. The van der Waals surface area contributed by atoms with E-state index in [2.05, 4.69) is 5.32 Å². The Labute approximate surface area is 301 Å². The van der Waals surface area contributed by atoms with Crippen molar-refractivity contribution in [1.29, 1.82) is 0 Å². The molecule has 0 fully saturated rings. The van der Waals surface area contributed by atoms with Crippen LogP contribution in [0.3, 0.4) is 0 Å². The maximum absolute atomic E-state index is 12.3. The minimum Gasteiger partial charge on any atom is -0.444 e. The summed E-state index contributed by atoms with van der Waals surface area (Å²) < 4.78 is 59.7. The fourth-order valence-corrected chi connectivity index (χ4v) is 4.22. The molecule has 1 aliphatic heterocycles. The second kappa shape index (κ2) is 28.8. The van der Waals surface area contributed by atoms with Crippen LogP contribution >= 0.6 is 0 Å². The number of hydrogen-bond acceptors (Lipinski definition) is 14. The lowest BCUT2D eigenvalue weighted by Crippen LogP contribution is -2.34. The summed E-state index contributed by atoms with van der Waals surface area (Å²) in [6, 6.07) is 6.81. The quantitative estimate of drug-likeness (QED) is 0.0824. The molecule has 0 aliphatic carbocycles. The number of imide groups is 1. The SMILES string of the molecule is CC(C)(C)OC(=O)NCCOCCOCCOCCOCCOCCOCCOCCOCCOCCOCCN1C(=O)c2ccccc2C1=O. The molecule has 0 saturated carbocycles. The van der Waals surface area contributed by atoms with Crippen LogP contribution in [0.15, 0.2) is 24.3 Å². The smallest absolute Gasteiger partial charge is 0.407 e. The third kappa shape index (κ3) is 22.7. The molecule has 0 saturated heterocycles. The third-order valence-corrected chi connectivity index (χ3v) is 6.60. The second-order valence-electron chi connectivity index (χ2n) is 11.9. The van der Waals surface area contributed by atoms with Gasteiger partial charge in [0.1, 0.15) is 5.60 Å². The predicted octanol–water partition coefficient (Wildman–Crippen LogP) is 1.97. The number of nitrogens with zero attached hydrogens (tertiary/aromatic N) is 1. The molecule has 0 atom stereocenters. The molecule has 1 heterocycles. The molecule has 16 heteroatoms. The van der Waals surface area contributed by atoms with Crippen LogP contribution in [0.4, 0.5) is 4.79 Å². The number of rotatable bonds is 33. The van der Waals surface area contributed by atoms with Crippen LogP contribution in [0.25, 0.3) is 0 Å². The van der Waals surface area contributed by atoms with E-state index >= 15 is 0 Å². The summed E-state index contributed by atoms with van der Waals surface area (Å²) in [6.07, 6.45) is -0.458. The Hall–Kier alpha value is -2.77. The minimum absolute atomic E-state index is 0.209. The number of carbonyl (C=O) groups excluding carboxylic acids is 3. The van der Waals surface area contributed by atoms with E-state index in [0.717, 1.165) is 0 Å². The van der Waals surface area contributed by atoms with Gasteiger partial charge < -0.3 is 57.4 Å². The molecule has 1 aliphatic rings. The highest BCUT2D eigenvalue weighted by Crippen LogP contribution is 2.21. The molecular weight excluding hydrogens is 672 g/mol. The van der Waals surface area contributed by atoms with E-state index < -0.39 is 11.7 Å². The van der Waals surface area contributed by atoms with Crippen molar-refractivity contribution in [3.8, 4) is 0 Å². The van der Waals surface area contributed by atoms with Gasteiger partial charge >= 0.3 is 6.09 Å². The Morgan fingerprint density at radius 2 is 0.804 bits per heavy atom. The van der Waals surface area contributed by atoms with E-state index in [0.29, 0.717) is 143 Å². The zero-order chi connectivity index (χ0) is 36.8. The van der Waals surface area contributed by atoms with Crippen LogP contribution in [0.2, 0.25) is 0 Å². The van der Waals surface area contributed by atoms with Crippen molar-refractivity contribution < 1.29 is 66.5 Å². The van der Waals surface area contributed by atoms with Gasteiger partial charge in [-0.25, -0.2) is 4.79 Å². The molecular formula is C35H58N2O14. The van der Waals surface area contributed by atoms with E-state index in [-0.39, 0.29) is 25.0 Å². The van der Waals surface area contributed by atoms with E-state index in [1.165, 1.54) is 4.90 Å². The van der Waals surface area contributed by atoms with Gasteiger partial charge in [0.25, 0.3) is 11.8 Å². The van der Waals surface area contributed by atoms with Crippen molar-refractivity contribution in [1.82, 2.24) is 10.2 Å². The number of alkyl carbamates (subject to hydrolysis) is 1. The van der Waals surface area contributed by atoms with Gasteiger partial charge in [0.05, 0.1) is 150 Å². The number of amides is 3. The van der Waals surface area contributed by atoms with Gasteiger partial charge in [0, 0.05) is 6.54 Å². The number of ether oxygens (including phenoxy) is 11. The fraction of sp³-hybridized carbons (Fsp3) is 0.743. The molecule has 0 bridgehead atoms. The zero-order valence-corrected chi connectivity index (χ0v) is 30.5. The number of hydrogen-bond donors (Lipinski definition) is 1. The number of benzene rings is 1. The predicted molar refractivity (Wildman–Crippen MR) is 184 cm³/mol. The first-order valence-electron chi connectivity index (χ1n) is 17.5. The monoisotopic (exact) mass is 730 g/mol. The lowest BCUT2D eigenvalue weighted by Gasteiger charge is -2.19. The first kappa shape index (κ1) is 44.4. The van der Waals surface area contributed by atoms with Crippen LogP contribution in [0.5, 0.6) is 0 Å². The van der Waals surface area contributed by atoms with E-state index in [4.69, 9.17) is 52.1 Å². The Morgan fingerprint density at radius 3 is 1.12 bits per heavy atom. The standard InChI is InChI=1S/C35H58N2O14/c1-35(2,3)51-34(40)36-8-10-41-12-14-43-16-18-45-20-22-47-24-26-49-28-29-50-27-25-48-23-21-46-19-17-44-15-13-42-11-9-37-32(38)30-6-4-5-7-31(30)33(37)39/h4-7H,8-29H2,1-3H3,(H,36,40). The Balaban J connectivity index is 1.18. The average molecular weight is 731 g/mol. The van der Waals surface area contributed by atoms with Gasteiger partial charge in [-0.15, -0.1) is 0 Å². The van der Waals surface area contributed by atoms with Crippen LogP contribution < -0.4 is 5.32 Å². The molecule has 2 rings (SSSR count). The van der Waals surface area contributed by atoms with Gasteiger partial charge in [0.15, 0.2) is 0 Å². The van der Waals surface area contributed by atoms with Gasteiger partial charge in [-0.1, -0.05) is 12.1 Å². The molecule has 1 aromatic carbocycles. The van der Waals surface area contributed by atoms with Crippen LogP contribution in [-0.2, 0) is 52.1 Å². The molecule has 1 aromatic rings. The number of fused-ring (bicyclic) bond motifs is 1. The Morgan fingerprint density at radius 1 is 0.510 bits per heavy atom. The molecule has 0 unspecified atom stereocenters. The van der Waals surface area contributed by atoms with Crippen molar-refractivity contribution in [2.24, 2.45) is 0 Å². The molecule has 1 N–H and O–H groups in total. The first-order chi connectivity index (χ1) is 24.8. The lowest BCUT2D eigenvalue weighted by molar-refractivity contribution is -0.0265. The maximum Gasteiger partial charge on any atom is 0.407 e. The summed E-state index contributed by atoms with van der Waals surface area (Å²) in [5.74, 6) is -0.563. The minimum atomic E-state index is -0.518. The van der Waals surface area contributed by atoms with Gasteiger partial charge in [-0.05, 0) is 32.9 Å². The van der Waals surface area contributed by atoms with E-state index in [9.17, 15) is 14.4 Å². The Kier molecular flexibility index (Phi) is 25.0. The summed E-state index contributed by atoms with van der Waals surface area (Å²) in [5, 5.41) is 2.63. The van der Waals surface area contributed by atoms with Crippen molar-refractivity contribution in [3.05, 3.63) is 35.4 Å². The second-order valence-corrected chi connectivity index (χ2v) is 11.9. The van der Waals surface area contributed by atoms with Gasteiger partial charge in [-0.3, -0.25) is 14.5 Å². The molecule has 3 amide bonds. The highest BCUT2D eigenvalue weighted by atomic mass is 16.6. The van der Waals surface area contributed by atoms with Crippen molar-refractivity contribution in [3.63, 3.8) is 0 Å². The highest BCUT2D eigenvalue weighted by molar-refractivity contribution is 6.21. The summed E-state index contributed by atoms with van der Waals surface area (Å²) in [4.78, 5) is 37.3. The molecule has 16 nitrogen and oxygen atoms in total. The van der Waals surface area contributed by atoms with Gasteiger partial charge in [0.2, 0.25) is 0 Å². The molecule has 292 valence electrons. The normalized spacial score (nSPS) is 12.9. The largest absolute Gasteiger partial charge is 0.444 e. The lowest BCUT2D eigenvalue weighted by atomic mass is 10.1. The summed E-state index contributed by atoms with van der Waals surface area (Å²) in [5.41, 5.74) is 0.358. The van der Waals surface area contributed by atoms with Crippen molar-refractivity contribution >= 4 is 17.9 Å². The molecule has 0 spiro atoms. The topological polar surface area (TPSA) is 168 Å². The van der Waals surface area contributed by atoms with Crippen molar-refractivity contribution in [2.75, 3.05) is 145 Å². The Bertz CT molecular complexity index is 1040. The van der Waals surface area contributed by atoms with Crippen LogP contribution in [0, 0.1) is 0 Å².